The first-order valence-electron chi connectivity index (χ1n) is 9.88. The summed E-state index contributed by atoms with van der Waals surface area (Å²) in [5.74, 6) is 0.771. The Hall–Kier alpha value is -2.54. The molecule has 0 fully saturated rings. The second-order valence-electron chi connectivity index (χ2n) is 7.18. The predicted octanol–water partition coefficient (Wildman–Crippen LogP) is 1.66. The zero-order chi connectivity index (χ0) is 20.2. The van der Waals surface area contributed by atoms with Gasteiger partial charge in [0.05, 0.1) is 12.1 Å². The average Bonchev–Trinajstić information content (AvgIpc) is 2.89. The van der Waals surface area contributed by atoms with Crippen LogP contribution in [-0.4, -0.2) is 17.0 Å². The van der Waals surface area contributed by atoms with Gasteiger partial charge in [0.2, 0.25) is 5.78 Å². The minimum Gasteiger partial charge on any atom is -1.00 e. The molecule has 0 aliphatic carbocycles. The highest BCUT2D eigenvalue weighted by molar-refractivity contribution is 5.97. The van der Waals surface area contributed by atoms with Gasteiger partial charge in [-0.15, -0.1) is 0 Å². The molecule has 0 amide bonds. The molecule has 0 bridgehead atoms. The maximum Gasteiger partial charge on any atom is 0.387 e. The van der Waals surface area contributed by atoms with Gasteiger partial charge in [-0.2, -0.15) is 8.78 Å². The molecule has 4 nitrogen and oxygen atoms in total. The van der Waals surface area contributed by atoms with Gasteiger partial charge in [-0.05, 0) is 31.4 Å². The van der Waals surface area contributed by atoms with E-state index in [-0.39, 0.29) is 40.6 Å². The highest BCUT2D eigenvalue weighted by Crippen LogP contribution is 2.25. The molecule has 1 aliphatic rings. The van der Waals surface area contributed by atoms with Crippen LogP contribution < -0.4 is 26.3 Å². The summed E-state index contributed by atoms with van der Waals surface area (Å²) < 4.78 is 34.2. The molecule has 0 unspecified atom stereocenters. The average molecular weight is 477 g/mol. The molecule has 2 aromatic carbocycles. The second-order valence-corrected chi connectivity index (χ2v) is 7.18. The number of halogens is 3. The van der Waals surface area contributed by atoms with E-state index in [9.17, 15) is 13.6 Å². The van der Waals surface area contributed by atoms with Gasteiger partial charge in [0.25, 0.3) is 5.82 Å². The third kappa shape index (κ3) is 4.78. The molecule has 2 heterocycles. The molecule has 0 spiro atoms. The van der Waals surface area contributed by atoms with Crippen LogP contribution in [0, 0.1) is 0 Å². The van der Waals surface area contributed by atoms with Crippen LogP contribution in [0.3, 0.4) is 0 Å². The first-order chi connectivity index (χ1) is 14.1. The third-order valence-corrected chi connectivity index (χ3v) is 5.28. The number of rotatable bonds is 6. The van der Waals surface area contributed by atoms with Crippen molar-refractivity contribution in [3.63, 3.8) is 0 Å². The molecule has 0 atom stereocenters. The number of alkyl halides is 2. The summed E-state index contributed by atoms with van der Waals surface area (Å²) in [6, 6.07) is 16.3. The van der Waals surface area contributed by atoms with E-state index < -0.39 is 6.61 Å². The summed E-state index contributed by atoms with van der Waals surface area (Å²) in [5.41, 5.74) is 2.35. The molecule has 158 valence electrons. The number of carbonyl (C=O) groups is 1. The molecular weight excluding hydrogens is 454 g/mol. The van der Waals surface area contributed by atoms with Crippen LogP contribution in [0.5, 0.6) is 5.75 Å². The van der Waals surface area contributed by atoms with Crippen LogP contribution in [0.1, 0.15) is 35.4 Å². The minimum atomic E-state index is -2.97. The number of aromatic nitrogens is 2. The minimum absolute atomic E-state index is 0. The maximum absolute atomic E-state index is 13.0. The molecule has 3 aromatic rings. The van der Waals surface area contributed by atoms with E-state index in [2.05, 4.69) is 21.4 Å². The Kier molecular flexibility index (Phi) is 7.37. The van der Waals surface area contributed by atoms with Crippen LogP contribution in [0.25, 0.3) is 11.3 Å². The smallest absolute Gasteiger partial charge is 0.387 e. The van der Waals surface area contributed by atoms with Crippen molar-refractivity contribution in [3.05, 3.63) is 72.2 Å². The Morgan fingerprint density at radius 3 is 2.53 bits per heavy atom. The van der Waals surface area contributed by atoms with Crippen molar-refractivity contribution in [2.75, 3.05) is 0 Å². The Bertz CT molecular complexity index is 1010. The van der Waals surface area contributed by atoms with E-state index in [1.54, 1.807) is 12.1 Å². The molecule has 30 heavy (non-hydrogen) atoms. The fourth-order valence-corrected chi connectivity index (χ4v) is 3.96. The largest absolute Gasteiger partial charge is 1.00 e. The predicted molar refractivity (Wildman–Crippen MR) is 105 cm³/mol. The number of hydrogen-bond donors (Lipinski definition) is 0. The Balaban J connectivity index is 0.00000256. The second kappa shape index (κ2) is 9.98. The van der Waals surface area contributed by atoms with Crippen LogP contribution in [0.2, 0.25) is 0 Å². The molecule has 1 aromatic heterocycles. The number of ether oxygens (including phenoxy) is 1. The van der Waals surface area contributed by atoms with Crippen LogP contribution >= 0.6 is 0 Å². The maximum atomic E-state index is 13.0. The van der Waals surface area contributed by atoms with Gasteiger partial charge in [0.1, 0.15) is 11.9 Å². The third-order valence-electron chi connectivity index (χ3n) is 5.28. The molecule has 0 radical (unpaired) electrons. The zero-order valence-corrected chi connectivity index (χ0v) is 18.0. The summed E-state index contributed by atoms with van der Waals surface area (Å²) in [7, 11) is 0. The fraction of sp³-hybridized carbons (Fsp3) is 0.304. The standard InChI is InChI=1S/C23H23F2N2O2.BrH/c24-23(25)29-21-12-7-6-11-18(21)20(28)16-26-15-19(17-9-3-1-4-10-17)27-14-8-2-5-13-22(26)27;/h1,3-4,6-7,9-12,15,23H,2,5,8,13-14,16H2;1H/q+1;/p-1. The number of carbonyl (C=O) groups excluding carboxylic acids is 1. The van der Waals surface area contributed by atoms with Gasteiger partial charge in [0.15, 0.2) is 12.2 Å². The molecule has 0 N–H and O–H groups in total. The van der Waals surface area contributed by atoms with Crippen molar-refractivity contribution in [3.8, 4) is 17.0 Å². The topological polar surface area (TPSA) is 35.1 Å². The van der Waals surface area contributed by atoms with Crippen molar-refractivity contribution >= 4 is 5.78 Å². The van der Waals surface area contributed by atoms with E-state index in [1.165, 1.54) is 12.1 Å². The lowest BCUT2D eigenvalue weighted by molar-refractivity contribution is -0.690. The molecule has 0 saturated carbocycles. The number of imidazole rings is 1. The lowest BCUT2D eigenvalue weighted by atomic mass is 10.1. The molecular formula is C23H23BrF2N2O2. The van der Waals surface area contributed by atoms with Crippen molar-refractivity contribution in [1.29, 1.82) is 0 Å². The van der Waals surface area contributed by atoms with Gasteiger partial charge < -0.3 is 21.7 Å². The fourth-order valence-electron chi connectivity index (χ4n) is 3.96. The van der Waals surface area contributed by atoms with Gasteiger partial charge in [0, 0.05) is 12.0 Å². The number of benzene rings is 2. The molecule has 1 aliphatic heterocycles. The quantitative estimate of drug-likeness (QED) is 0.400. The van der Waals surface area contributed by atoms with E-state index >= 15 is 0 Å². The summed E-state index contributed by atoms with van der Waals surface area (Å²) in [4.78, 5) is 13.0. The number of fused-ring (bicyclic) bond motifs is 1. The number of ketones is 1. The lowest BCUT2D eigenvalue weighted by Crippen LogP contribution is -3.00. The summed E-state index contributed by atoms with van der Waals surface area (Å²) in [5, 5.41) is 0. The monoisotopic (exact) mass is 476 g/mol. The number of hydrogen-bond acceptors (Lipinski definition) is 2. The number of para-hydroxylation sites is 1. The summed E-state index contributed by atoms with van der Waals surface area (Å²) in [6.07, 6.45) is 6.20. The highest BCUT2D eigenvalue weighted by atomic mass is 79.9. The summed E-state index contributed by atoms with van der Waals surface area (Å²) >= 11 is 0. The SMILES string of the molecule is O=C(C[n+]1cc(-c2ccccc2)n2c1CCCCC2)c1ccccc1OC(F)F.[Br-]. The van der Waals surface area contributed by atoms with Crippen molar-refractivity contribution in [2.24, 2.45) is 0 Å². The van der Waals surface area contributed by atoms with Crippen LogP contribution in [0.4, 0.5) is 8.78 Å². The number of Topliss-reactive ketones (excluding diaryl/α,β-unsaturated/α-hetero) is 1. The van der Waals surface area contributed by atoms with Gasteiger partial charge in [-0.25, -0.2) is 9.13 Å². The van der Waals surface area contributed by atoms with Gasteiger partial charge in [-0.1, -0.05) is 42.5 Å². The molecule has 0 saturated heterocycles. The Morgan fingerprint density at radius 2 is 1.77 bits per heavy atom. The van der Waals surface area contributed by atoms with E-state index in [1.807, 2.05) is 29.0 Å². The number of nitrogens with zero attached hydrogens (tertiary/aromatic N) is 2. The van der Waals surface area contributed by atoms with Crippen LogP contribution in [0.15, 0.2) is 60.8 Å². The van der Waals surface area contributed by atoms with Crippen LogP contribution in [-0.2, 0) is 19.5 Å². The Morgan fingerprint density at radius 1 is 1.03 bits per heavy atom. The van der Waals surface area contributed by atoms with E-state index in [0.717, 1.165) is 49.3 Å². The van der Waals surface area contributed by atoms with Gasteiger partial charge in [-0.3, -0.25) is 4.79 Å². The zero-order valence-electron chi connectivity index (χ0n) is 16.4. The van der Waals surface area contributed by atoms with Crippen molar-refractivity contribution < 1.29 is 39.9 Å². The van der Waals surface area contributed by atoms with E-state index in [0.29, 0.717) is 0 Å². The van der Waals surface area contributed by atoms with Crippen molar-refractivity contribution in [2.45, 2.75) is 45.4 Å². The van der Waals surface area contributed by atoms with E-state index in [4.69, 9.17) is 0 Å². The normalized spacial score (nSPS) is 13.3. The van der Waals surface area contributed by atoms with Crippen molar-refractivity contribution in [1.82, 2.24) is 4.57 Å². The lowest BCUT2D eigenvalue weighted by Gasteiger charge is -2.09. The molecule has 7 heteroatoms. The molecule has 4 rings (SSSR count). The first-order valence-corrected chi connectivity index (χ1v) is 9.88. The Labute approximate surface area is 184 Å². The summed E-state index contributed by atoms with van der Waals surface area (Å²) in [6.45, 7) is -1.97. The highest BCUT2D eigenvalue weighted by Gasteiger charge is 2.28. The van der Waals surface area contributed by atoms with Gasteiger partial charge >= 0.3 is 6.61 Å². The first kappa shape index (κ1) is 22.2.